The second-order valence-electron chi connectivity index (χ2n) is 4.17. The molecule has 0 spiro atoms. The number of benzene rings is 2. The van der Waals surface area contributed by atoms with Crippen molar-refractivity contribution in [2.75, 3.05) is 5.73 Å². The van der Waals surface area contributed by atoms with Crippen LogP contribution < -0.4 is 10.5 Å². The Morgan fingerprint density at radius 2 is 1.90 bits per heavy atom. The highest BCUT2D eigenvalue weighted by molar-refractivity contribution is 14.1. The van der Waals surface area contributed by atoms with E-state index in [1.807, 2.05) is 52.9 Å². The minimum atomic E-state index is 0.114. The van der Waals surface area contributed by atoms with Crippen molar-refractivity contribution < 1.29 is 4.74 Å². The summed E-state index contributed by atoms with van der Waals surface area (Å²) in [6.45, 7) is 0. The first-order valence-corrected chi connectivity index (χ1v) is 7.01. The number of nitriles is 1. The Labute approximate surface area is 133 Å². The number of ether oxygens (including phenoxy) is 1. The maximum atomic E-state index is 8.90. The van der Waals surface area contributed by atoms with Gasteiger partial charge in [-0.25, -0.2) is 0 Å². The molecule has 1 heterocycles. The first-order valence-electron chi connectivity index (χ1n) is 5.94. The van der Waals surface area contributed by atoms with E-state index in [9.17, 15) is 0 Å². The average molecular weight is 389 g/mol. The Bertz CT molecular complexity index is 852. The Balaban J connectivity index is 2.01. The van der Waals surface area contributed by atoms with Gasteiger partial charge in [0.05, 0.1) is 26.4 Å². The zero-order chi connectivity index (χ0) is 14.8. The van der Waals surface area contributed by atoms with Gasteiger partial charge < -0.3 is 10.5 Å². The quantitative estimate of drug-likeness (QED) is 0.535. The number of aromatic nitrogens is 3. The van der Waals surface area contributed by atoms with Crippen molar-refractivity contribution in [3.8, 4) is 17.8 Å². The van der Waals surface area contributed by atoms with Gasteiger partial charge in [-0.3, -0.25) is 0 Å². The van der Waals surface area contributed by atoms with Gasteiger partial charge in [-0.05, 0) is 46.9 Å². The van der Waals surface area contributed by atoms with E-state index in [4.69, 9.17) is 15.7 Å². The number of hydrogen-bond donors (Lipinski definition) is 1. The molecule has 0 saturated heterocycles. The smallest absolute Gasteiger partial charge is 0.341 e. The number of nitrogens with zero attached hydrogens (tertiary/aromatic N) is 4. The fourth-order valence-electron chi connectivity index (χ4n) is 1.79. The largest absolute Gasteiger partial charge is 0.420 e. The van der Waals surface area contributed by atoms with Crippen LogP contribution in [0.3, 0.4) is 0 Å². The van der Waals surface area contributed by atoms with E-state index >= 15 is 0 Å². The van der Waals surface area contributed by atoms with Crippen molar-refractivity contribution in [1.82, 2.24) is 15.2 Å². The molecule has 2 aromatic carbocycles. The molecule has 3 aromatic rings. The van der Waals surface area contributed by atoms with Gasteiger partial charge in [-0.15, -0.1) is 5.10 Å². The summed E-state index contributed by atoms with van der Waals surface area (Å²) in [7, 11) is 0. The normalized spacial score (nSPS) is 10.3. The molecule has 102 valence electrons. The van der Waals surface area contributed by atoms with Gasteiger partial charge in [-0.1, -0.05) is 17.2 Å². The summed E-state index contributed by atoms with van der Waals surface area (Å²) in [5.41, 5.74) is 8.10. The van der Waals surface area contributed by atoms with E-state index in [1.54, 1.807) is 12.1 Å². The number of rotatable bonds is 2. The predicted octanol–water partition coefficient (Wildman–Crippen LogP) is 2.88. The molecule has 0 unspecified atom stereocenters. The summed E-state index contributed by atoms with van der Waals surface area (Å²) in [6.07, 6.45) is 0. The Kier molecular flexibility index (Phi) is 3.53. The molecule has 0 amide bonds. The molecule has 1 aromatic heterocycles. The van der Waals surface area contributed by atoms with Gasteiger partial charge in [0.15, 0.2) is 5.75 Å². The monoisotopic (exact) mass is 389 g/mol. The van der Waals surface area contributed by atoms with Crippen LogP contribution in [0.4, 0.5) is 5.69 Å². The van der Waals surface area contributed by atoms with E-state index in [2.05, 4.69) is 15.2 Å². The summed E-state index contributed by atoms with van der Waals surface area (Å²) in [4.78, 5) is 4.28. The topological polar surface area (TPSA) is 97.7 Å². The average Bonchev–Trinajstić information content (AvgIpc) is 2.50. The SMILES string of the molecule is N#Cc1cc(N)c(Oc2nnc3ccccc3n2)c(I)c1. The molecule has 6 nitrogen and oxygen atoms in total. The summed E-state index contributed by atoms with van der Waals surface area (Å²) >= 11 is 2.05. The summed E-state index contributed by atoms with van der Waals surface area (Å²) in [6, 6.07) is 12.7. The number of nitrogens with two attached hydrogens (primary N) is 1. The van der Waals surface area contributed by atoms with Crippen molar-refractivity contribution in [3.63, 3.8) is 0 Å². The highest BCUT2D eigenvalue weighted by Gasteiger charge is 2.12. The zero-order valence-electron chi connectivity index (χ0n) is 10.6. The second kappa shape index (κ2) is 5.49. The third-order valence-corrected chi connectivity index (χ3v) is 3.54. The van der Waals surface area contributed by atoms with E-state index in [0.717, 1.165) is 0 Å². The third-order valence-electron chi connectivity index (χ3n) is 2.74. The van der Waals surface area contributed by atoms with Crippen molar-refractivity contribution >= 4 is 39.3 Å². The third kappa shape index (κ3) is 2.71. The van der Waals surface area contributed by atoms with Gasteiger partial charge in [0, 0.05) is 0 Å². The van der Waals surface area contributed by atoms with Crippen LogP contribution in [0.25, 0.3) is 11.0 Å². The molecule has 0 bridgehead atoms. The van der Waals surface area contributed by atoms with Crippen LogP contribution in [-0.4, -0.2) is 15.2 Å². The van der Waals surface area contributed by atoms with Crippen molar-refractivity contribution in [2.45, 2.75) is 0 Å². The lowest BCUT2D eigenvalue weighted by atomic mass is 10.2. The molecule has 7 heteroatoms. The molecule has 0 aliphatic carbocycles. The van der Waals surface area contributed by atoms with Gasteiger partial charge >= 0.3 is 6.01 Å². The first kappa shape index (κ1) is 13.5. The van der Waals surface area contributed by atoms with Crippen LogP contribution in [-0.2, 0) is 0 Å². The molecular weight excluding hydrogens is 381 g/mol. The van der Waals surface area contributed by atoms with E-state index in [-0.39, 0.29) is 6.01 Å². The van der Waals surface area contributed by atoms with Gasteiger partial charge in [0.25, 0.3) is 0 Å². The number of hydrogen-bond acceptors (Lipinski definition) is 6. The minimum absolute atomic E-state index is 0.114. The Hall–Kier alpha value is -2.47. The summed E-state index contributed by atoms with van der Waals surface area (Å²) < 4.78 is 6.33. The highest BCUT2D eigenvalue weighted by Crippen LogP contribution is 2.32. The fourth-order valence-corrected chi connectivity index (χ4v) is 2.54. The highest BCUT2D eigenvalue weighted by atomic mass is 127. The summed E-state index contributed by atoms with van der Waals surface area (Å²) in [5, 5.41) is 16.9. The van der Waals surface area contributed by atoms with Gasteiger partial charge in [0.1, 0.15) is 5.52 Å². The van der Waals surface area contributed by atoms with Gasteiger partial charge in [0.2, 0.25) is 0 Å². The zero-order valence-corrected chi connectivity index (χ0v) is 12.8. The number of fused-ring (bicyclic) bond motifs is 1. The fraction of sp³-hybridized carbons (Fsp3) is 0. The molecule has 21 heavy (non-hydrogen) atoms. The lowest BCUT2D eigenvalue weighted by Gasteiger charge is -2.09. The molecule has 0 atom stereocenters. The Morgan fingerprint density at radius 1 is 1.14 bits per heavy atom. The van der Waals surface area contributed by atoms with Gasteiger partial charge in [-0.2, -0.15) is 10.2 Å². The number of anilines is 1. The van der Waals surface area contributed by atoms with Crippen molar-refractivity contribution in [1.29, 1.82) is 5.26 Å². The van der Waals surface area contributed by atoms with Crippen LogP contribution in [0.5, 0.6) is 11.8 Å². The summed E-state index contributed by atoms with van der Waals surface area (Å²) in [5.74, 6) is 0.423. The lowest BCUT2D eigenvalue weighted by molar-refractivity contribution is 0.436. The second-order valence-corrected chi connectivity index (χ2v) is 5.34. The molecule has 0 fully saturated rings. The van der Waals surface area contributed by atoms with Crippen LogP contribution >= 0.6 is 22.6 Å². The molecule has 0 aliphatic rings. The predicted molar refractivity (Wildman–Crippen MR) is 85.7 cm³/mol. The Morgan fingerprint density at radius 3 is 2.62 bits per heavy atom. The molecule has 2 N–H and O–H groups in total. The molecule has 0 radical (unpaired) electrons. The van der Waals surface area contributed by atoms with E-state index < -0.39 is 0 Å². The number of halogens is 1. The minimum Gasteiger partial charge on any atom is -0.420 e. The molecular formula is C14H8IN5O. The molecule has 0 aliphatic heterocycles. The van der Waals surface area contributed by atoms with Crippen molar-refractivity contribution in [2.24, 2.45) is 0 Å². The standard InChI is InChI=1S/C14H8IN5O/c15-9-5-8(7-16)6-10(17)13(9)21-14-18-11-3-1-2-4-12(11)19-20-14/h1-6H,17H2. The van der Waals surface area contributed by atoms with Crippen molar-refractivity contribution in [3.05, 3.63) is 45.5 Å². The van der Waals surface area contributed by atoms with Crippen LogP contribution in [0.2, 0.25) is 0 Å². The lowest BCUT2D eigenvalue weighted by Crippen LogP contribution is -2.00. The molecule has 0 saturated carbocycles. The first-order chi connectivity index (χ1) is 10.2. The van der Waals surface area contributed by atoms with Crippen LogP contribution in [0, 0.1) is 14.9 Å². The van der Waals surface area contributed by atoms with E-state index in [1.165, 1.54) is 0 Å². The number of para-hydroxylation sites is 1. The van der Waals surface area contributed by atoms with Crippen LogP contribution in [0.1, 0.15) is 5.56 Å². The van der Waals surface area contributed by atoms with E-state index in [0.29, 0.717) is 31.6 Å². The maximum absolute atomic E-state index is 8.90. The van der Waals surface area contributed by atoms with Crippen LogP contribution in [0.15, 0.2) is 36.4 Å². The number of nitrogen functional groups attached to an aromatic ring is 1. The molecule has 3 rings (SSSR count). The maximum Gasteiger partial charge on any atom is 0.341 e.